The summed E-state index contributed by atoms with van der Waals surface area (Å²) in [5.41, 5.74) is 0.959. The Labute approximate surface area is 107 Å². The van der Waals surface area contributed by atoms with Crippen molar-refractivity contribution < 1.29 is 14.3 Å². The van der Waals surface area contributed by atoms with E-state index in [1.165, 1.54) is 0 Å². The van der Waals surface area contributed by atoms with Gasteiger partial charge in [-0.05, 0) is 30.2 Å². The van der Waals surface area contributed by atoms with Gasteiger partial charge in [0, 0.05) is 0 Å². The summed E-state index contributed by atoms with van der Waals surface area (Å²) in [6, 6.07) is 16.0. The van der Waals surface area contributed by atoms with E-state index in [4.69, 9.17) is 4.52 Å². The lowest BCUT2D eigenvalue weighted by Crippen LogP contribution is -2.15. The summed E-state index contributed by atoms with van der Waals surface area (Å²) >= 11 is 0. The van der Waals surface area contributed by atoms with Crippen LogP contribution in [0, 0.1) is 0 Å². The van der Waals surface area contributed by atoms with E-state index in [0.29, 0.717) is 11.1 Å². The molecule has 0 saturated heterocycles. The molecule has 94 valence electrons. The molecule has 2 aromatic carbocycles. The van der Waals surface area contributed by atoms with Crippen molar-refractivity contribution in [2.75, 3.05) is 0 Å². The summed E-state index contributed by atoms with van der Waals surface area (Å²) in [5.74, 6) is 0.530. The molecule has 0 radical (unpaired) electrons. The van der Waals surface area contributed by atoms with Gasteiger partial charge in [0.1, 0.15) is 0 Å². The molecular formula is C14H16O3P+. The molecule has 0 aliphatic carbocycles. The third-order valence-corrected chi connectivity index (χ3v) is 4.09. The van der Waals surface area contributed by atoms with Crippen molar-refractivity contribution in [3.05, 3.63) is 60.2 Å². The quantitative estimate of drug-likeness (QED) is 0.834. The van der Waals surface area contributed by atoms with E-state index in [0.717, 1.165) is 12.0 Å². The summed E-state index contributed by atoms with van der Waals surface area (Å²) in [5, 5.41) is 0.413. The van der Waals surface area contributed by atoms with Crippen molar-refractivity contribution in [1.82, 2.24) is 0 Å². The molecule has 2 N–H and O–H groups in total. The molecule has 0 aromatic heterocycles. The van der Waals surface area contributed by atoms with Gasteiger partial charge in [-0.2, -0.15) is 9.79 Å². The van der Waals surface area contributed by atoms with Crippen LogP contribution in [0.25, 0.3) is 0 Å². The smallest absolute Gasteiger partial charge is 0.281 e. The minimum Gasteiger partial charge on any atom is -0.281 e. The maximum atomic E-state index is 10.1. The van der Waals surface area contributed by atoms with Gasteiger partial charge < -0.3 is 0 Å². The van der Waals surface area contributed by atoms with Crippen LogP contribution in [0.2, 0.25) is 0 Å². The van der Waals surface area contributed by atoms with E-state index >= 15 is 0 Å². The van der Waals surface area contributed by atoms with E-state index < -0.39 is 7.94 Å². The molecule has 2 aromatic rings. The number of aryl methyl sites for hydroxylation is 1. The van der Waals surface area contributed by atoms with Crippen LogP contribution in [-0.2, 0) is 6.42 Å². The first kappa shape index (κ1) is 13.0. The first-order valence-electron chi connectivity index (χ1n) is 5.81. The fourth-order valence-corrected chi connectivity index (χ4v) is 2.82. The highest BCUT2D eigenvalue weighted by Gasteiger charge is 2.41. The van der Waals surface area contributed by atoms with Crippen molar-refractivity contribution >= 4 is 13.2 Å². The maximum absolute atomic E-state index is 10.1. The summed E-state index contributed by atoms with van der Waals surface area (Å²) in [6.45, 7) is 2.00. The second kappa shape index (κ2) is 5.49. The lowest BCUT2D eigenvalue weighted by Gasteiger charge is -2.13. The lowest BCUT2D eigenvalue weighted by atomic mass is 10.1. The zero-order chi connectivity index (χ0) is 13.0. The minimum atomic E-state index is -3.56. The summed E-state index contributed by atoms with van der Waals surface area (Å²) in [6.07, 6.45) is 0.783. The summed E-state index contributed by atoms with van der Waals surface area (Å²) < 4.78 is 5.43. The average Bonchev–Trinajstić information content (AvgIpc) is 2.40. The SMILES string of the molecule is CCc1ccccc1O[P+](O)(O)c1ccccc1. The molecule has 0 unspecified atom stereocenters. The predicted octanol–water partition coefficient (Wildman–Crippen LogP) is 2.70. The molecule has 0 aliphatic heterocycles. The Bertz CT molecular complexity index is 511. The molecule has 4 heteroatoms. The van der Waals surface area contributed by atoms with Crippen molar-refractivity contribution in [3.63, 3.8) is 0 Å². The van der Waals surface area contributed by atoms with E-state index in [1.54, 1.807) is 30.3 Å². The fraction of sp³-hybridized carbons (Fsp3) is 0.143. The van der Waals surface area contributed by atoms with Gasteiger partial charge in [0.25, 0.3) is 0 Å². The first-order chi connectivity index (χ1) is 8.63. The van der Waals surface area contributed by atoms with Gasteiger partial charge in [-0.15, -0.1) is 0 Å². The monoisotopic (exact) mass is 263 g/mol. The predicted molar refractivity (Wildman–Crippen MR) is 73.9 cm³/mol. The second-order valence-corrected chi connectivity index (χ2v) is 5.72. The molecule has 0 bridgehead atoms. The van der Waals surface area contributed by atoms with Crippen LogP contribution in [0.15, 0.2) is 54.6 Å². The van der Waals surface area contributed by atoms with Crippen LogP contribution in [0.4, 0.5) is 0 Å². The summed E-state index contributed by atoms with van der Waals surface area (Å²) in [4.78, 5) is 20.2. The standard InChI is InChI=1S/C14H16O3P/c1-2-12-8-6-7-11-14(12)17-18(15,16)13-9-4-3-5-10-13/h3-11,15-16H,2H2,1H3/q+1. The van der Waals surface area contributed by atoms with Crippen LogP contribution in [-0.4, -0.2) is 9.79 Å². The molecular weight excluding hydrogens is 247 g/mol. The van der Waals surface area contributed by atoms with Crippen LogP contribution in [0.1, 0.15) is 12.5 Å². The van der Waals surface area contributed by atoms with Gasteiger partial charge in [-0.1, -0.05) is 43.3 Å². The highest BCUT2D eigenvalue weighted by molar-refractivity contribution is 7.68. The molecule has 3 nitrogen and oxygen atoms in total. The van der Waals surface area contributed by atoms with Crippen molar-refractivity contribution in [2.24, 2.45) is 0 Å². The Kier molecular flexibility index (Phi) is 3.97. The van der Waals surface area contributed by atoms with Crippen molar-refractivity contribution in [1.29, 1.82) is 0 Å². The van der Waals surface area contributed by atoms with Gasteiger partial charge in [0.05, 0.1) is 0 Å². The van der Waals surface area contributed by atoms with Crippen molar-refractivity contribution in [3.8, 4) is 5.75 Å². The van der Waals surface area contributed by atoms with E-state index in [-0.39, 0.29) is 0 Å². The average molecular weight is 263 g/mol. The van der Waals surface area contributed by atoms with Gasteiger partial charge >= 0.3 is 7.94 Å². The molecule has 0 saturated carbocycles. The highest BCUT2D eigenvalue weighted by Crippen LogP contribution is 2.50. The van der Waals surface area contributed by atoms with Crippen LogP contribution in [0.5, 0.6) is 5.75 Å². The Hall–Kier alpha value is -1.41. The van der Waals surface area contributed by atoms with Gasteiger partial charge in [0.15, 0.2) is 11.1 Å². The fourth-order valence-electron chi connectivity index (χ4n) is 1.70. The van der Waals surface area contributed by atoms with Crippen LogP contribution >= 0.6 is 7.94 Å². The van der Waals surface area contributed by atoms with Gasteiger partial charge in [-0.25, -0.2) is 0 Å². The molecule has 0 atom stereocenters. The van der Waals surface area contributed by atoms with Crippen molar-refractivity contribution in [2.45, 2.75) is 13.3 Å². The largest absolute Gasteiger partial charge is 0.487 e. The van der Waals surface area contributed by atoms with Crippen LogP contribution in [0.3, 0.4) is 0 Å². The zero-order valence-corrected chi connectivity index (χ0v) is 11.0. The molecule has 2 rings (SSSR count). The normalized spacial score (nSPS) is 11.3. The number of para-hydroxylation sites is 1. The number of benzene rings is 2. The third kappa shape index (κ3) is 2.88. The molecule has 0 spiro atoms. The van der Waals surface area contributed by atoms with Gasteiger partial charge in [-0.3, -0.25) is 4.52 Å². The zero-order valence-electron chi connectivity index (χ0n) is 10.2. The molecule has 0 heterocycles. The Morgan fingerprint density at radius 1 is 0.944 bits per heavy atom. The van der Waals surface area contributed by atoms with E-state index in [9.17, 15) is 9.79 Å². The van der Waals surface area contributed by atoms with E-state index in [2.05, 4.69) is 0 Å². The Morgan fingerprint density at radius 3 is 2.22 bits per heavy atom. The molecule has 0 fully saturated rings. The van der Waals surface area contributed by atoms with Crippen LogP contribution < -0.4 is 9.83 Å². The topological polar surface area (TPSA) is 49.7 Å². The number of hydrogen-bond acceptors (Lipinski definition) is 3. The Morgan fingerprint density at radius 2 is 1.56 bits per heavy atom. The second-order valence-electron chi connectivity index (χ2n) is 3.93. The molecule has 0 aliphatic rings. The minimum absolute atomic E-state index is 0.413. The lowest BCUT2D eigenvalue weighted by molar-refractivity contribution is 0.353. The maximum Gasteiger partial charge on any atom is 0.487 e. The highest BCUT2D eigenvalue weighted by atomic mass is 31.2. The Balaban J connectivity index is 2.28. The third-order valence-electron chi connectivity index (χ3n) is 2.67. The molecule has 18 heavy (non-hydrogen) atoms. The van der Waals surface area contributed by atoms with Gasteiger partial charge in [0.2, 0.25) is 0 Å². The summed E-state index contributed by atoms with van der Waals surface area (Å²) in [7, 11) is -3.56. The number of rotatable bonds is 4. The molecule has 0 amide bonds. The van der Waals surface area contributed by atoms with E-state index in [1.807, 2.05) is 31.2 Å². The number of hydrogen-bond donors (Lipinski definition) is 2. The first-order valence-corrected chi connectivity index (χ1v) is 7.42.